The first-order valence-corrected chi connectivity index (χ1v) is 10.6. The van der Waals surface area contributed by atoms with Gasteiger partial charge in [-0.25, -0.2) is 26.3 Å². The summed E-state index contributed by atoms with van der Waals surface area (Å²) in [5.74, 6) is -5.86. The van der Waals surface area contributed by atoms with E-state index in [0.717, 1.165) is 12.1 Å². The molecule has 3 saturated carbocycles. The maximum absolute atomic E-state index is 14.3. The molecule has 0 bridgehead atoms. The second kappa shape index (κ2) is 6.27. The molecule has 10 heteroatoms. The Balaban J connectivity index is 1.39. The van der Waals surface area contributed by atoms with Gasteiger partial charge in [0, 0.05) is 17.9 Å². The molecule has 0 heterocycles. The van der Waals surface area contributed by atoms with E-state index in [1.54, 1.807) is 0 Å². The Morgan fingerprint density at radius 2 is 1.89 bits per heavy atom. The minimum atomic E-state index is -3.81. The normalized spacial score (nSPS) is 28.5. The zero-order chi connectivity index (χ0) is 19.6. The molecule has 0 aromatic heterocycles. The van der Waals surface area contributed by atoms with Crippen molar-refractivity contribution in [1.29, 1.82) is 0 Å². The topological polar surface area (TPSA) is 72.5 Å². The molecule has 3 fully saturated rings. The van der Waals surface area contributed by atoms with Crippen LogP contribution >= 0.6 is 11.6 Å². The van der Waals surface area contributed by atoms with E-state index in [2.05, 4.69) is 0 Å². The summed E-state index contributed by atoms with van der Waals surface area (Å²) in [6.07, 6.45) is 1.65. The number of amides is 1. The quantitative estimate of drug-likeness (QED) is 0.761. The van der Waals surface area contributed by atoms with Crippen LogP contribution in [0, 0.1) is 23.6 Å². The summed E-state index contributed by atoms with van der Waals surface area (Å²) < 4.78 is 71.5. The van der Waals surface area contributed by atoms with Gasteiger partial charge in [0.2, 0.25) is 10.0 Å². The predicted octanol–water partition coefficient (Wildman–Crippen LogP) is 3.37. The highest BCUT2D eigenvalue weighted by Crippen LogP contribution is 2.65. The number of fused-ring (bicyclic) bond motifs is 1. The predicted molar refractivity (Wildman–Crippen MR) is 91.0 cm³/mol. The average molecular weight is 424 g/mol. The number of benzene rings is 1. The Hall–Kier alpha value is -1.48. The molecular weight excluding hydrogens is 407 g/mol. The number of nitrogens with one attached hydrogen (secondary N) is 1. The molecule has 5 nitrogen and oxygen atoms in total. The number of halogens is 4. The highest BCUT2D eigenvalue weighted by molar-refractivity contribution is 7.91. The molecule has 3 aliphatic rings. The Kier molecular flexibility index (Phi) is 4.38. The largest absolute Gasteiger partial charge is 0.492 e. The summed E-state index contributed by atoms with van der Waals surface area (Å²) in [4.78, 5) is 12.0. The summed E-state index contributed by atoms with van der Waals surface area (Å²) >= 11 is 6.02. The van der Waals surface area contributed by atoms with Gasteiger partial charge in [-0.2, -0.15) is 0 Å². The van der Waals surface area contributed by atoms with Gasteiger partial charge in [0.25, 0.3) is 11.8 Å². The van der Waals surface area contributed by atoms with Crippen LogP contribution in [-0.2, 0) is 10.0 Å². The molecule has 0 unspecified atom stereocenters. The monoisotopic (exact) mass is 423 g/mol. The van der Waals surface area contributed by atoms with Crippen molar-refractivity contribution in [2.45, 2.75) is 36.9 Å². The molecule has 0 aliphatic heterocycles. The molecule has 0 radical (unpaired) electrons. The van der Waals surface area contributed by atoms with Gasteiger partial charge in [0.1, 0.15) is 11.6 Å². The van der Waals surface area contributed by atoms with Crippen LogP contribution in [0.25, 0.3) is 0 Å². The number of carbonyl (C=O) groups is 1. The van der Waals surface area contributed by atoms with Gasteiger partial charge >= 0.3 is 0 Å². The lowest BCUT2D eigenvalue weighted by atomic mass is 10.0. The van der Waals surface area contributed by atoms with Crippen LogP contribution in [-0.4, -0.2) is 32.1 Å². The van der Waals surface area contributed by atoms with Gasteiger partial charge < -0.3 is 4.74 Å². The first kappa shape index (κ1) is 18.9. The number of hydrogen-bond acceptors (Lipinski definition) is 4. The van der Waals surface area contributed by atoms with Crippen LogP contribution in [0.15, 0.2) is 12.1 Å². The van der Waals surface area contributed by atoms with E-state index in [0.29, 0.717) is 25.7 Å². The molecule has 3 atom stereocenters. The Morgan fingerprint density at radius 1 is 1.26 bits per heavy atom. The van der Waals surface area contributed by atoms with Gasteiger partial charge in [-0.05, 0) is 37.7 Å². The van der Waals surface area contributed by atoms with Crippen molar-refractivity contribution in [1.82, 2.24) is 4.72 Å². The summed E-state index contributed by atoms with van der Waals surface area (Å²) in [7, 11) is -3.81. The van der Waals surface area contributed by atoms with Crippen LogP contribution in [0.5, 0.6) is 5.75 Å². The highest BCUT2D eigenvalue weighted by Gasteiger charge is 2.71. The lowest BCUT2D eigenvalue weighted by Gasteiger charge is -2.16. The maximum Gasteiger partial charge on any atom is 0.267 e. The number of hydrogen-bond donors (Lipinski definition) is 1. The Labute approximate surface area is 159 Å². The summed E-state index contributed by atoms with van der Waals surface area (Å²) in [5.41, 5.74) is -0.502. The number of rotatable bonds is 6. The second-order valence-electron chi connectivity index (χ2n) is 7.47. The minimum Gasteiger partial charge on any atom is -0.492 e. The fourth-order valence-electron chi connectivity index (χ4n) is 3.72. The molecule has 0 spiro atoms. The molecule has 3 aliphatic carbocycles. The zero-order valence-electron chi connectivity index (χ0n) is 14.1. The smallest absolute Gasteiger partial charge is 0.267 e. The zero-order valence-corrected chi connectivity index (χ0v) is 15.6. The fraction of sp³-hybridized carbons (Fsp3) is 0.588. The Morgan fingerprint density at radius 3 is 2.48 bits per heavy atom. The van der Waals surface area contributed by atoms with Crippen molar-refractivity contribution in [3.8, 4) is 5.75 Å². The highest BCUT2D eigenvalue weighted by atomic mass is 35.5. The first-order valence-electron chi connectivity index (χ1n) is 8.65. The van der Waals surface area contributed by atoms with Crippen LogP contribution in [0.4, 0.5) is 13.2 Å². The molecule has 1 aromatic carbocycles. The van der Waals surface area contributed by atoms with E-state index < -0.39 is 50.3 Å². The van der Waals surface area contributed by atoms with Crippen molar-refractivity contribution >= 4 is 27.5 Å². The van der Waals surface area contributed by atoms with E-state index >= 15 is 0 Å². The number of sulfonamides is 1. The van der Waals surface area contributed by atoms with Gasteiger partial charge in [-0.15, -0.1) is 0 Å². The molecule has 27 heavy (non-hydrogen) atoms. The SMILES string of the molecule is O=C(NS(=O)(=O)C1CC1)c1cc(Cl)c(OC[C@H]2C[C@@H]3[C@H](C2)C3(F)F)cc1F. The molecule has 0 saturated heterocycles. The lowest BCUT2D eigenvalue weighted by molar-refractivity contribution is 0.0580. The van der Waals surface area contributed by atoms with Crippen LogP contribution in [0.2, 0.25) is 5.02 Å². The van der Waals surface area contributed by atoms with Crippen LogP contribution < -0.4 is 9.46 Å². The summed E-state index contributed by atoms with van der Waals surface area (Å²) in [6, 6.07) is 1.91. The first-order chi connectivity index (χ1) is 12.6. The van der Waals surface area contributed by atoms with Crippen molar-refractivity contribution < 1.29 is 31.1 Å². The molecule has 1 aromatic rings. The van der Waals surface area contributed by atoms with Crippen LogP contribution in [0.1, 0.15) is 36.0 Å². The Bertz CT molecular complexity index is 890. The van der Waals surface area contributed by atoms with Gasteiger partial charge in [-0.3, -0.25) is 4.79 Å². The lowest BCUT2D eigenvalue weighted by Crippen LogP contribution is -2.33. The van der Waals surface area contributed by atoms with Gasteiger partial charge in [-0.1, -0.05) is 11.6 Å². The van der Waals surface area contributed by atoms with E-state index in [9.17, 15) is 26.4 Å². The average Bonchev–Trinajstić information content (AvgIpc) is 3.45. The molecular formula is C17H17ClF3NO4S. The van der Waals surface area contributed by atoms with E-state index in [1.807, 2.05) is 4.72 Å². The van der Waals surface area contributed by atoms with E-state index in [4.69, 9.17) is 16.3 Å². The third-order valence-electron chi connectivity index (χ3n) is 5.48. The fourth-order valence-corrected chi connectivity index (χ4v) is 5.23. The van der Waals surface area contributed by atoms with Crippen LogP contribution in [0.3, 0.4) is 0 Å². The third-order valence-corrected chi connectivity index (χ3v) is 7.59. The standard InChI is InChI=1S/C17H17ClF3NO4S/c18-13-5-10(16(23)22-27(24,25)9-1-2-9)14(19)6-15(13)26-7-8-3-11-12(4-8)17(11,20)21/h5-6,8-9,11-12H,1-4,7H2,(H,22,23)/t8-,11+,12-. The van der Waals surface area contributed by atoms with Crippen molar-refractivity contribution in [2.24, 2.45) is 17.8 Å². The van der Waals surface area contributed by atoms with Crippen molar-refractivity contribution in [3.05, 3.63) is 28.5 Å². The minimum absolute atomic E-state index is 0.0110. The second-order valence-corrected chi connectivity index (χ2v) is 9.84. The molecule has 148 valence electrons. The number of alkyl halides is 2. The molecule has 4 rings (SSSR count). The summed E-state index contributed by atoms with van der Waals surface area (Å²) in [6.45, 7) is 0.129. The summed E-state index contributed by atoms with van der Waals surface area (Å²) in [5, 5.41) is -0.675. The van der Waals surface area contributed by atoms with Crippen molar-refractivity contribution in [2.75, 3.05) is 6.61 Å². The third kappa shape index (κ3) is 3.51. The van der Waals surface area contributed by atoms with E-state index in [-0.39, 0.29) is 23.3 Å². The van der Waals surface area contributed by atoms with Gasteiger partial charge in [0.15, 0.2) is 0 Å². The maximum atomic E-state index is 14.3. The number of ether oxygens (including phenoxy) is 1. The van der Waals surface area contributed by atoms with Crippen molar-refractivity contribution in [3.63, 3.8) is 0 Å². The molecule has 1 N–H and O–H groups in total. The van der Waals surface area contributed by atoms with E-state index in [1.165, 1.54) is 0 Å². The molecule has 1 amide bonds. The van der Waals surface area contributed by atoms with Gasteiger partial charge in [0.05, 0.1) is 22.4 Å². The number of carbonyl (C=O) groups excluding carboxylic acids is 1.